The zero-order valence-electron chi connectivity index (χ0n) is 14.0. The third kappa shape index (κ3) is 5.95. The highest BCUT2D eigenvalue weighted by atomic mass is 35.5. The van der Waals surface area contributed by atoms with Crippen LogP contribution in [-0.4, -0.2) is 25.2 Å². The summed E-state index contributed by atoms with van der Waals surface area (Å²) in [6.07, 6.45) is 0.957. The molecular weight excluding hydrogens is 300 g/mol. The van der Waals surface area contributed by atoms with Gasteiger partial charge in [-0.2, -0.15) is 0 Å². The van der Waals surface area contributed by atoms with Crippen molar-refractivity contribution < 1.29 is 9.53 Å². The lowest BCUT2D eigenvalue weighted by Crippen LogP contribution is -2.49. The zero-order valence-corrected chi connectivity index (χ0v) is 14.8. The molecule has 0 aromatic heterocycles. The molecule has 0 fully saturated rings. The Labute approximate surface area is 140 Å². The molecule has 2 unspecified atom stereocenters. The molecule has 0 aliphatic carbocycles. The van der Waals surface area contributed by atoms with E-state index in [0.29, 0.717) is 19.1 Å². The summed E-state index contributed by atoms with van der Waals surface area (Å²) in [6.45, 7) is 9.23. The van der Waals surface area contributed by atoms with E-state index in [9.17, 15) is 4.79 Å². The van der Waals surface area contributed by atoms with Crippen molar-refractivity contribution in [2.75, 3.05) is 13.2 Å². The molecule has 1 aromatic carbocycles. The minimum absolute atomic E-state index is 0. The molecule has 2 atom stereocenters. The van der Waals surface area contributed by atoms with Gasteiger partial charge in [0.1, 0.15) is 5.54 Å². The molecule has 0 heterocycles. The van der Waals surface area contributed by atoms with Crippen molar-refractivity contribution in [1.29, 1.82) is 0 Å². The number of hydrogen-bond acceptors (Lipinski definition) is 3. The summed E-state index contributed by atoms with van der Waals surface area (Å²) in [5, 5.41) is 2.92. The number of carbonyl (C=O) groups excluding carboxylic acids is 1. The molecular formula is C17H29ClN2O2. The number of rotatable bonds is 8. The zero-order chi connectivity index (χ0) is 15.9. The van der Waals surface area contributed by atoms with Crippen LogP contribution in [0.1, 0.15) is 39.7 Å². The molecule has 1 amide bonds. The predicted molar refractivity (Wildman–Crippen MR) is 93.1 cm³/mol. The van der Waals surface area contributed by atoms with E-state index in [1.807, 2.05) is 37.3 Å². The van der Waals surface area contributed by atoms with E-state index in [1.165, 1.54) is 0 Å². The molecule has 0 saturated carbocycles. The maximum atomic E-state index is 12.3. The van der Waals surface area contributed by atoms with Crippen LogP contribution in [0, 0.1) is 5.92 Å². The highest BCUT2D eigenvalue weighted by Crippen LogP contribution is 2.17. The lowest BCUT2D eigenvalue weighted by molar-refractivity contribution is -0.126. The normalized spacial score (nSPS) is 14.8. The number of ether oxygens (including phenoxy) is 1. The molecule has 0 bridgehead atoms. The Kier molecular flexibility index (Phi) is 9.33. The standard InChI is InChI=1S/C17H28N2O2.ClH/c1-5-21-15(13(2)3)11-12-19-16(20)17(4,18)14-9-7-6-8-10-14;/h6-10,13,15H,5,11-12,18H2,1-4H3,(H,19,20);1H. The van der Waals surface area contributed by atoms with Crippen LogP contribution < -0.4 is 11.1 Å². The Morgan fingerprint density at radius 3 is 2.41 bits per heavy atom. The summed E-state index contributed by atoms with van der Waals surface area (Å²) in [5.41, 5.74) is 5.97. The van der Waals surface area contributed by atoms with Crippen molar-refractivity contribution in [3.63, 3.8) is 0 Å². The number of nitrogens with one attached hydrogen (secondary N) is 1. The molecule has 1 aromatic rings. The van der Waals surface area contributed by atoms with Gasteiger partial charge in [-0.3, -0.25) is 4.79 Å². The third-order valence-electron chi connectivity index (χ3n) is 3.68. The van der Waals surface area contributed by atoms with Gasteiger partial charge in [0.25, 0.3) is 0 Å². The average Bonchev–Trinajstić information content (AvgIpc) is 2.46. The monoisotopic (exact) mass is 328 g/mol. The first-order chi connectivity index (χ1) is 9.89. The van der Waals surface area contributed by atoms with E-state index < -0.39 is 5.54 Å². The van der Waals surface area contributed by atoms with Crippen molar-refractivity contribution in [3.05, 3.63) is 35.9 Å². The second-order valence-corrected chi connectivity index (χ2v) is 5.85. The Hall–Kier alpha value is -1.10. The van der Waals surface area contributed by atoms with E-state index in [0.717, 1.165) is 12.0 Å². The van der Waals surface area contributed by atoms with Crippen LogP contribution in [-0.2, 0) is 15.1 Å². The first-order valence-corrected chi connectivity index (χ1v) is 7.63. The van der Waals surface area contributed by atoms with Gasteiger partial charge in [-0.05, 0) is 31.7 Å². The quantitative estimate of drug-likeness (QED) is 0.771. The highest BCUT2D eigenvalue weighted by molar-refractivity contribution is 5.86. The van der Waals surface area contributed by atoms with Crippen LogP contribution >= 0.6 is 12.4 Å². The van der Waals surface area contributed by atoms with Gasteiger partial charge in [0.2, 0.25) is 5.91 Å². The van der Waals surface area contributed by atoms with Gasteiger partial charge in [0, 0.05) is 13.2 Å². The van der Waals surface area contributed by atoms with Crippen molar-refractivity contribution >= 4 is 18.3 Å². The number of hydrogen-bond donors (Lipinski definition) is 2. The topological polar surface area (TPSA) is 64.3 Å². The number of carbonyl (C=O) groups is 1. The highest BCUT2D eigenvalue weighted by Gasteiger charge is 2.30. The lowest BCUT2D eigenvalue weighted by atomic mass is 9.92. The van der Waals surface area contributed by atoms with Crippen molar-refractivity contribution in [1.82, 2.24) is 5.32 Å². The van der Waals surface area contributed by atoms with Crippen LogP contribution in [0.5, 0.6) is 0 Å². The number of benzene rings is 1. The SMILES string of the molecule is CCOC(CCNC(=O)C(C)(N)c1ccccc1)C(C)C.Cl. The summed E-state index contributed by atoms with van der Waals surface area (Å²) in [6, 6.07) is 9.43. The van der Waals surface area contributed by atoms with Crippen molar-refractivity contribution in [2.45, 2.75) is 45.8 Å². The van der Waals surface area contributed by atoms with E-state index in [2.05, 4.69) is 19.2 Å². The van der Waals surface area contributed by atoms with E-state index >= 15 is 0 Å². The smallest absolute Gasteiger partial charge is 0.244 e. The fourth-order valence-electron chi connectivity index (χ4n) is 2.25. The van der Waals surface area contributed by atoms with Crippen molar-refractivity contribution in [3.8, 4) is 0 Å². The largest absolute Gasteiger partial charge is 0.378 e. The van der Waals surface area contributed by atoms with Gasteiger partial charge in [-0.1, -0.05) is 44.2 Å². The molecule has 0 aliphatic rings. The molecule has 3 N–H and O–H groups in total. The molecule has 0 aliphatic heterocycles. The van der Waals surface area contributed by atoms with Gasteiger partial charge in [0.05, 0.1) is 6.10 Å². The molecule has 126 valence electrons. The maximum absolute atomic E-state index is 12.3. The van der Waals surface area contributed by atoms with Crippen molar-refractivity contribution in [2.24, 2.45) is 11.7 Å². The summed E-state index contributed by atoms with van der Waals surface area (Å²) in [4.78, 5) is 12.3. The molecule has 0 spiro atoms. The fourth-order valence-corrected chi connectivity index (χ4v) is 2.25. The number of nitrogens with two attached hydrogens (primary N) is 1. The Balaban J connectivity index is 0.00000441. The van der Waals surface area contributed by atoms with Crippen LogP contribution in [0.3, 0.4) is 0 Å². The minimum Gasteiger partial charge on any atom is -0.378 e. The average molecular weight is 329 g/mol. The lowest BCUT2D eigenvalue weighted by Gasteiger charge is -2.25. The summed E-state index contributed by atoms with van der Waals surface area (Å²) in [5.74, 6) is 0.271. The second kappa shape index (κ2) is 9.82. The summed E-state index contributed by atoms with van der Waals surface area (Å²) < 4.78 is 5.67. The van der Waals surface area contributed by atoms with Gasteiger partial charge >= 0.3 is 0 Å². The Morgan fingerprint density at radius 2 is 1.91 bits per heavy atom. The second-order valence-electron chi connectivity index (χ2n) is 5.85. The number of amides is 1. The molecule has 0 saturated heterocycles. The third-order valence-corrected chi connectivity index (χ3v) is 3.68. The number of halogens is 1. The first-order valence-electron chi connectivity index (χ1n) is 7.63. The summed E-state index contributed by atoms with van der Waals surface area (Å²) in [7, 11) is 0. The maximum Gasteiger partial charge on any atom is 0.244 e. The molecule has 1 rings (SSSR count). The molecule has 0 radical (unpaired) electrons. The molecule has 4 nitrogen and oxygen atoms in total. The first kappa shape index (κ1) is 20.9. The molecule has 22 heavy (non-hydrogen) atoms. The Morgan fingerprint density at radius 1 is 1.32 bits per heavy atom. The van der Waals surface area contributed by atoms with Crippen LogP contribution in [0.2, 0.25) is 0 Å². The summed E-state index contributed by atoms with van der Waals surface area (Å²) >= 11 is 0. The fraction of sp³-hybridized carbons (Fsp3) is 0.588. The van der Waals surface area contributed by atoms with E-state index in [1.54, 1.807) is 6.92 Å². The van der Waals surface area contributed by atoms with Gasteiger partial charge in [-0.15, -0.1) is 12.4 Å². The Bertz CT molecular complexity index is 436. The molecule has 5 heteroatoms. The van der Waals surface area contributed by atoms with Crippen LogP contribution in [0.4, 0.5) is 0 Å². The van der Waals surface area contributed by atoms with E-state index in [4.69, 9.17) is 10.5 Å². The predicted octanol–water partition coefficient (Wildman–Crippen LogP) is 2.85. The van der Waals surface area contributed by atoms with Crippen LogP contribution in [0.25, 0.3) is 0 Å². The van der Waals surface area contributed by atoms with E-state index in [-0.39, 0.29) is 24.4 Å². The van der Waals surface area contributed by atoms with Gasteiger partial charge in [-0.25, -0.2) is 0 Å². The van der Waals surface area contributed by atoms with Crippen LogP contribution in [0.15, 0.2) is 30.3 Å². The van der Waals surface area contributed by atoms with Gasteiger partial charge < -0.3 is 15.8 Å². The minimum atomic E-state index is -1.01. The van der Waals surface area contributed by atoms with Gasteiger partial charge in [0.15, 0.2) is 0 Å².